The maximum Gasteiger partial charge on any atom is 0.0923 e. The molecule has 20 heavy (non-hydrogen) atoms. The van der Waals surface area contributed by atoms with Crippen molar-refractivity contribution in [2.45, 2.75) is 71.1 Å². The molecule has 0 aliphatic carbocycles. The lowest BCUT2D eigenvalue weighted by Gasteiger charge is -2.09. The van der Waals surface area contributed by atoms with Gasteiger partial charge in [0.15, 0.2) is 0 Å². The number of hydrogen-bond acceptors (Lipinski definition) is 1. The molecule has 1 atom stereocenters. The molecule has 2 rings (SSSR count). The largest absolute Gasteiger partial charge is 0.281 e. The third kappa shape index (κ3) is 4.09. The van der Waals surface area contributed by atoms with Gasteiger partial charge in [0.25, 0.3) is 0 Å². The van der Waals surface area contributed by atoms with Crippen molar-refractivity contribution in [1.82, 2.24) is 10.2 Å². The Labute approximate surface area is 123 Å². The van der Waals surface area contributed by atoms with Gasteiger partial charge in [-0.3, -0.25) is 5.10 Å². The molecule has 1 N–H and O–H groups in total. The first-order valence-corrected chi connectivity index (χ1v) is 8.26. The zero-order chi connectivity index (χ0) is 14.2. The van der Waals surface area contributed by atoms with E-state index in [1.807, 2.05) is 6.07 Å². The molecule has 0 fully saturated rings. The smallest absolute Gasteiger partial charge is 0.0923 e. The summed E-state index contributed by atoms with van der Waals surface area (Å²) in [4.78, 5) is 0. The number of aromatic amines is 1. The predicted octanol–water partition coefficient (Wildman–Crippen LogP) is 5.81. The lowest BCUT2D eigenvalue weighted by atomic mass is 9.97. The van der Waals surface area contributed by atoms with Crippen LogP contribution in [0.2, 0.25) is 0 Å². The van der Waals surface area contributed by atoms with Crippen LogP contribution in [0.25, 0.3) is 10.9 Å². The first-order chi connectivity index (χ1) is 9.83. The number of rotatable bonds is 9. The molecule has 1 aromatic carbocycles. The highest BCUT2D eigenvalue weighted by atomic mass is 15.1. The summed E-state index contributed by atoms with van der Waals surface area (Å²) in [6.07, 6.45) is 10.9. The van der Waals surface area contributed by atoms with Crippen LogP contribution in [-0.2, 0) is 0 Å². The minimum absolute atomic E-state index is 0.582. The average molecular weight is 272 g/mol. The molecule has 1 unspecified atom stereocenters. The van der Waals surface area contributed by atoms with Crippen molar-refractivity contribution in [3.8, 4) is 0 Å². The summed E-state index contributed by atoms with van der Waals surface area (Å²) >= 11 is 0. The number of unbranched alkanes of at least 4 members (excludes halogenated alkanes) is 6. The van der Waals surface area contributed by atoms with E-state index in [0.29, 0.717) is 5.92 Å². The molecule has 0 spiro atoms. The van der Waals surface area contributed by atoms with E-state index in [4.69, 9.17) is 0 Å². The number of nitrogens with zero attached hydrogens (tertiary/aromatic N) is 1. The third-order valence-electron chi connectivity index (χ3n) is 4.22. The van der Waals surface area contributed by atoms with Gasteiger partial charge in [-0.1, -0.05) is 77.0 Å². The van der Waals surface area contributed by atoms with E-state index in [1.54, 1.807) is 0 Å². The monoisotopic (exact) mass is 272 g/mol. The lowest BCUT2D eigenvalue weighted by Crippen LogP contribution is -1.95. The molecule has 0 aliphatic heterocycles. The SMILES string of the molecule is CCCCCCCCCC(C)c1[nH]nc2ccccc12. The van der Waals surface area contributed by atoms with E-state index in [2.05, 4.69) is 42.2 Å². The molecular formula is C18H28N2. The number of benzene rings is 1. The Morgan fingerprint density at radius 1 is 1.00 bits per heavy atom. The van der Waals surface area contributed by atoms with Gasteiger partial charge in [0, 0.05) is 11.1 Å². The Balaban J connectivity index is 1.73. The summed E-state index contributed by atoms with van der Waals surface area (Å²) in [6, 6.07) is 8.40. The maximum absolute atomic E-state index is 4.39. The van der Waals surface area contributed by atoms with Gasteiger partial charge < -0.3 is 0 Å². The molecule has 0 saturated carbocycles. The summed E-state index contributed by atoms with van der Waals surface area (Å²) in [6.45, 7) is 4.59. The minimum atomic E-state index is 0.582. The topological polar surface area (TPSA) is 28.7 Å². The van der Waals surface area contributed by atoms with Crippen molar-refractivity contribution < 1.29 is 0 Å². The first-order valence-electron chi connectivity index (χ1n) is 8.26. The molecule has 1 aromatic heterocycles. The van der Waals surface area contributed by atoms with Crippen molar-refractivity contribution in [3.63, 3.8) is 0 Å². The molecule has 2 heteroatoms. The lowest BCUT2D eigenvalue weighted by molar-refractivity contribution is 0.545. The molecule has 110 valence electrons. The molecule has 0 saturated heterocycles. The summed E-state index contributed by atoms with van der Waals surface area (Å²) < 4.78 is 0. The molecule has 0 aliphatic rings. The number of para-hydroxylation sites is 1. The second-order valence-corrected chi connectivity index (χ2v) is 5.97. The Bertz CT molecular complexity index is 501. The molecule has 1 heterocycles. The van der Waals surface area contributed by atoms with E-state index in [0.717, 1.165) is 5.52 Å². The summed E-state index contributed by atoms with van der Waals surface area (Å²) in [5.74, 6) is 0.582. The molecule has 2 aromatic rings. The highest BCUT2D eigenvalue weighted by Crippen LogP contribution is 2.26. The van der Waals surface area contributed by atoms with Crippen LogP contribution < -0.4 is 0 Å². The quantitative estimate of drug-likeness (QED) is 0.573. The Hall–Kier alpha value is -1.31. The Morgan fingerprint density at radius 3 is 2.50 bits per heavy atom. The standard InChI is InChI=1S/C18H28N2/c1-3-4-5-6-7-8-9-12-15(2)18-16-13-10-11-14-17(16)19-20-18/h10-11,13-15H,3-9,12H2,1-2H3,(H,19,20). The molecule has 2 nitrogen and oxygen atoms in total. The van der Waals surface area contributed by atoms with Crippen molar-refractivity contribution in [2.24, 2.45) is 0 Å². The third-order valence-corrected chi connectivity index (χ3v) is 4.22. The second kappa shape index (κ2) is 8.08. The van der Waals surface area contributed by atoms with E-state index in [1.165, 1.54) is 62.4 Å². The number of fused-ring (bicyclic) bond motifs is 1. The van der Waals surface area contributed by atoms with Crippen molar-refractivity contribution in [2.75, 3.05) is 0 Å². The fraction of sp³-hybridized carbons (Fsp3) is 0.611. The van der Waals surface area contributed by atoms with Crippen LogP contribution in [0.3, 0.4) is 0 Å². The van der Waals surface area contributed by atoms with E-state index < -0.39 is 0 Å². The van der Waals surface area contributed by atoms with Crippen LogP contribution in [0.5, 0.6) is 0 Å². The highest BCUT2D eigenvalue weighted by molar-refractivity contribution is 5.81. The molecule has 0 amide bonds. The van der Waals surface area contributed by atoms with Crippen LogP contribution >= 0.6 is 0 Å². The van der Waals surface area contributed by atoms with E-state index in [9.17, 15) is 0 Å². The maximum atomic E-state index is 4.39. The van der Waals surface area contributed by atoms with Gasteiger partial charge in [-0.05, 0) is 18.4 Å². The molecule has 0 radical (unpaired) electrons. The zero-order valence-corrected chi connectivity index (χ0v) is 13.0. The van der Waals surface area contributed by atoms with Gasteiger partial charge in [0.2, 0.25) is 0 Å². The fourth-order valence-corrected chi connectivity index (χ4v) is 2.91. The number of aromatic nitrogens is 2. The van der Waals surface area contributed by atoms with Crippen LogP contribution in [0, 0.1) is 0 Å². The summed E-state index contributed by atoms with van der Waals surface area (Å²) in [5, 5.41) is 8.92. The number of nitrogens with one attached hydrogen (secondary N) is 1. The van der Waals surface area contributed by atoms with E-state index >= 15 is 0 Å². The molecule has 0 bridgehead atoms. The molecular weight excluding hydrogens is 244 g/mol. The van der Waals surface area contributed by atoms with Gasteiger partial charge in [0.1, 0.15) is 0 Å². The Kier molecular flexibility index (Phi) is 6.10. The van der Waals surface area contributed by atoms with E-state index in [-0.39, 0.29) is 0 Å². The van der Waals surface area contributed by atoms with Crippen molar-refractivity contribution in [1.29, 1.82) is 0 Å². The number of H-pyrrole nitrogens is 1. The second-order valence-electron chi connectivity index (χ2n) is 5.97. The average Bonchev–Trinajstić information content (AvgIpc) is 2.90. The van der Waals surface area contributed by atoms with Crippen molar-refractivity contribution >= 4 is 10.9 Å². The highest BCUT2D eigenvalue weighted by Gasteiger charge is 2.11. The Morgan fingerprint density at radius 2 is 1.70 bits per heavy atom. The zero-order valence-electron chi connectivity index (χ0n) is 13.0. The van der Waals surface area contributed by atoms with Gasteiger partial charge in [-0.15, -0.1) is 0 Å². The fourth-order valence-electron chi connectivity index (χ4n) is 2.91. The number of hydrogen-bond donors (Lipinski definition) is 1. The summed E-state index contributed by atoms with van der Waals surface area (Å²) in [5.41, 5.74) is 2.40. The van der Waals surface area contributed by atoms with Crippen molar-refractivity contribution in [3.05, 3.63) is 30.0 Å². The van der Waals surface area contributed by atoms with Crippen LogP contribution in [0.15, 0.2) is 24.3 Å². The first kappa shape index (κ1) is 15.1. The predicted molar refractivity (Wildman–Crippen MR) is 87.1 cm³/mol. The normalized spacial score (nSPS) is 12.9. The minimum Gasteiger partial charge on any atom is -0.281 e. The van der Waals surface area contributed by atoms with Gasteiger partial charge in [0.05, 0.1) is 5.52 Å². The van der Waals surface area contributed by atoms with Gasteiger partial charge >= 0.3 is 0 Å². The van der Waals surface area contributed by atoms with Crippen LogP contribution in [0.4, 0.5) is 0 Å². The van der Waals surface area contributed by atoms with Crippen LogP contribution in [0.1, 0.15) is 76.8 Å². The van der Waals surface area contributed by atoms with Crippen LogP contribution in [-0.4, -0.2) is 10.2 Å². The van der Waals surface area contributed by atoms with Gasteiger partial charge in [-0.25, -0.2) is 0 Å². The summed E-state index contributed by atoms with van der Waals surface area (Å²) in [7, 11) is 0. The van der Waals surface area contributed by atoms with Gasteiger partial charge in [-0.2, -0.15) is 5.10 Å².